The van der Waals surface area contributed by atoms with Gasteiger partial charge in [0.15, 0.2) is 0 Å². The Kier molecular flexibility index (Phi) is 6.47. The third-order valence-corrected chi connectivity index (χ3v) is 8.18. The Hall–Kier alpha value is -3.03. The summed E-state index contributed by atoms with van der Waals surface area (Å²) in [4.78, 5) is 46.2. The predicted octanol–water partition coefficient (Wildman–Crippen LogP) is 2.96. The first-order valence-corrected chi connectivity index (χ1v) is 12.9. The van der Waals surface area contributed by atoms with Gasteiger partial charge in [-0.2, -0.15) is 0 Å². The smallest absolute Gasteiger partial charge is 0.328 e. The van der Waals surface area contributed by atoms with Crippen LogP contribution in [0, 0.1) is 17.8 Å². The summed E-state index contributed by atoms with van der Waals surface area (Å²) < 4.78 is 6.54. The number of nitrogens with zero attached hydrogens (tertiary/aromatic N) is 3. The fraction of sp³-hybridized carbons (Fsp3) is 0.593. The van der Waals surface area contributed by atoms with E-state index in [1.165, 1.54) is 23.1 Å². The van der Waals surface area contributed by atoms with Crippen LogP contribution in [0.3, 0.4) is 0 Å². The molecule has 0 radical (unpaired) electrons. The quantitative estimate of drug-likeness (QED) is 0.687. The van der Waals surface area contributed by atoms with E-state index in [9.17, 15) is 14.4 Å². The zero-order valence-corrected chi connectivity index (χ0v) is 20.8. The number of aromatic nitrogens is 2. The van der Waals surface area contributed by atoms with Crippen molar-refractivity contribution in [2.45, 2.75) is 58.0 Å². The lowest BCUT2D eigenvalue weighted by molar-refractivity contribution is -0.139. The highest BCUT2D eigenvalue weighted by atomic mass is 16.5. The van der Waals surface area contributed by atoms with E-state index in [-0.39, 0.29) is 29.0 Å². The van der Waals surface area contributed by atoms with E-state index >= 15 is 0 Å². The van der Waals surface area contributed by atoms with E-state index in [1.54, 1.807) is 25.3 Å². The Bertz CT molecular complexity index is 1240. The van der Waals surface area contributed by atoms with Crippen LogP contribution in [0.15, 0.2) is 40.1 Å². The van der Waals surface area contributed by atoms with Gasteiger partial charge in [-0.15, -0.1) is 0 Å². The maximum atomic E-state index is 13.3. The van der Waals surface area contributed by atoms with Crippen molar-refractivity contribution < 1.29 is 9.53 Å². The number of piperazine rings is 1. The summed E-state index contributed by atoms with van der Waals surface area (Å²) in [6.45, 7) is 9.26. The lowest BCUT2D eigenvalue weighted by atomic mass is 9.81. The van der Waals surface area contributed by atoms with Crippen LogP contribution in [0.2, 0.25) is 0 Å². The van der Waals surface area contributed by atoms with E-state index in [0.29, 0.717) is 35.2 Å². The molecule has 188 valence electrons. The fourth-order valence-corrected chi connectivity index (χ4v) is 5.87. The SMILES string of the molecule is C=C(C1CC1)N1CCN(C(=O)C2CCC(Cn3c(=O)[nH]c4ccc(OC)cc4c3=O)CC2)C[C@@H]1C. The second-order valence-corrected chi connectivity index (χ2v) is 10.6. The zero-order chi connectivity index (χ0) is 24.7. The highest BCUT2D eigenvalue weighted by molar-refractivity contribution is 5.79. The second kappa shape index (κ2) is 9.55. The Balaban J connectivity index is 1.19. The normalized spacial score (nSPS) is 25.0. The topological polar surface area (TPSA) is 87.6 Å². The molecule has 35 heavy (non-hydrogen) atoms. The number of H-pyrrole nitrogens is 1. The molecule has 2 heterocycles. The molecular formula is C27H36N4O4. The van der Waals surface area contributed by atoms with Crippen LogP contribution in [-0.4, -0.2) is 58.0 Å². The van der Waals surface area contributed by atoms with Crippen molar-refractivity contribution in [3.63, 3.8) is 0 Å². The zero-order valence-electron chi connectivity index (χ0n) is 20.8. The molecule has 3 aliphatic rings. The molecule has 2 aliphatic carbocycles. The lowest BCUT2D eigenvalue weighted by Crippen LogP contribution is -2.54. The molecule has 1 aromatic heterocycles. The number of methoxy groups -OCH3 is 1. The molecule has 1 N–H and O–H groups in total. The van der Waals surface area contributed by atoms with Crippen molar-refractivity contribution in [2.24, 2.45) is 17.8 Å². The molecule has 0 spiro atoms. The van der Waals surface area contributed by atoms with Gasteiger partial charge in [0.25, 0.3) is 5.56 Å². The van der Waals surface area contributed by atoms with Crippen molar-refractivity contribution in [2.75, 3.05) is 26.7 Å². The number of carbonyl (C=O) groups excluding carboxylic acids is 1. The number of nitrogens with one attached hydrogen (secondary N) is 1. The number of hydrogen-bond acceptors (Lipinski definition) is 5. The molecule has 1 aliphatic heterocycles. The van der Waals surface area contributed by atoms with Crippen LogP contribution in [0.1, 0.15) is 45.4 Å². The van der Waals surface area contributed by atoms with Gasteiger partial charge >= 0.3 is 5.69 Å². The number of benzene rings is 1. The van der Waals surface area contributed by atoms with Gasteiger partial charge in [0, 0.05) is 43.8 Å². The van der Waals surface area contributed by atoms with E-state index in [1.807, 2.05) is 4.90 Å². The first kappa shape index (κ1) is 23.7. The Morgan fingerprint density at radius 2 is 1.80 bits per heavy atom. The van der Waals surface area contributed by atoms with Gasteiger partial charge in [-0.1, -0.05) is 6.58 Å². The van der Waals surface area contributed by atoms with E-state index in [2.05, 4.69) is 23.4 Å². The summed E-state index contributed by atoms with van der Waals surface area (Å²) >= 11 is 0. The summed E-state index contributed by atoms with van der Waals surface area (Å²) in [6, 6.07) is 5.40. The molecule has 5 rings (SSSR count). The molecule has 0 bridgehead atoms. The predicted molar refractivity (Wildman–Crippen MR) is 135 cm³/mol. The summed E-state index contributed by atoms with van der Waals surface area (Å²) in [7, 11) is 1.55. The molecule has 8 heteroatoms. The van der Waals surface area contributed by atoms with Crippen molar-refractivity contribution >= 4 is 16.8 Å². The molecule has 3 fully saturated rings. The molecule has 2 saturated carbocycles. The van der Waals surface area contributed by atoms with Gasteiger partial charge in [-0.25, -0.2) is 4.79 Å². The van der Waals surface area contributed by atoms with E-state index in [0.717, 1.165) is 45.3 Å². The maximum Gasteiger partial charge on any atom is 0.328 e. The number of allylic oxidation sites excluding steroid dienone is 1. The van der Waals surface area contributed by atoms with E-state index < -0.39 is 0 Å². The van der Waals surface area contributed by atoms with Gasteiger partial charge in [-0.05, 0) is 75.5 Å². The van der Waals surface area contributed by atoms with Gasteiger partial charge in [0.1, 0.15) is 5.75 Å². The molecular weight excluding hydrogens is 444 g/mol. The van der Waals surface area contributed by atoms with Crippen molar-refractivity contribution in [3.8, 4) is 5.75 Å². The van der Waals surface area contributed by atoms with Crippen molar-refractivity contribution in [1.29, 1.82) is 0 Å². The maximum absolute atomic E-state index is 13.3. The van der Waals surface area contributed by atoms with Crippen LogP contribution in [0.5, 0.6) is 5.75 Å². The molecule has 8 nitrogen and oxygen atoms in total. The summed E-state index contributed by atoms with van der Waals surface area (Å²) in [6.07, 6.45) is 5.79. The molecule has 1 aromatic carbocycles. The van der Waals surface area contributed by atoms with Gasteiger partial charge in [0.2, 0.25) is 5.91 Å². The highest BCUT2D eigenvalue weighted by Crippen LogP contribution is 2.39. The number of hydrogen-bond donors (Lipinski definition) is 1. The minimum Gasteiger partial charge on any atom is -0.497 e. The minimum atomic E-state index is -0.384. The molecule has 0 unspecified atom stereocenters. The third-order valence-electron chi connectivity index (χ3n) is 8.18. The van der Waals surface area contributed by atoms with Crippen LogP contribution in [-0.2, 0) is 11.3 Å². The average molecular weight is 481 g/mol. The van der Waals surface area contributed by atoms with E-state index in [4.69, 9.17) is 4.74 Å². The molecule has 1 atom stereocenters. The Labute approximate surface area is 205 Å². The van der Waals surface area contributed by atoms with Gasteiger partial charge in [0.05, 0.1) is 18.0 Å². The van der Waals surface area contributed by atoms with Crippen LogP contribution < -0.4 is 16.0 Å². The first-order valence-electron chi connectivity index (χ1n) is 12.9. The summed E-state index contributed by atoms with van der Waals surface area (Å²) in [5.74, 6) is 1.74. The van der Waals surface area contributed by atoms with Crippen LogP contribution in [0.4, 0.5) is 0 Å². The second-order valence-electron chi connectivity index (χ2n) is 10.6. The third kappa shape index (κ3) is 4.75. The number of amides is 1. The van der Waals surface area contributed by atoms with Crippen molar-refractivity contribution in [3.05, 3.63) is 51.3 Å². The number of fused-ring (bicyclic) bond motifs is 1. The molecule has 1 amide bonds. The van der Waals surface area contributed by atoms with Gasteiger partial charge in [-0.3, -0.25) is 14.2 Å². The first-order chi connectivity index (χ1) is 16.9. The Morgan fingerprint density at radius 1 is 1.09 bits per heavy atom. The number of aromatic amines is 1. The minimum absolute atomic E-state index is 0.0347. The average Bonchev–Trinajstić information content (AvgIpc) is 3.71. The van der Waals surface area contributed by atoms with Gasteiger partial charge < -0.3 is 19.5 Å². The lowest BCUT2D eigenvalue weighted by Gasteiger charge is -2.43. The summed E-state index contributed by atoms with van der Waals surface area (Å²) in [5, 5.41) is 0.449. The molecule has 1 saturated heterocycles. The number of rotatable bonds is 6. The monoisotopic (exact) mass is 480 g/mol. The van der Waals surface area contributed by atoms with Crippen LogP contribution in [0.25, 0.3) is 10.9 Å². The number of ether oxygens (including phenoxy) is 1. The largest absolute Gasteiger partial charge is 0.497 e. The fourth-order valence-electron chi connectivity index (χ4n) is 5.87. The highest BCUT2D eigenvalue weighted by Gasteiger charge is 2.36. The summed E-state index contributed by atoms with van der Waals surface area (Å²) in [5.41, 5.74) is 1.09. The van der Waals surface area contributed by atoms with Crippen molar-refractivity contribution in [1.82, 2.24) is 19.4 Å². The number of carbonyl (C=O) groups is 1. The standard InChI is InChI=1S/C27H36N4O4/c1-17-15-29(12-13-30(17)18(2)20-8-9-20)25(32)21-6-4-19(5-7-21)16-31-26(33)23-14-22(35-3)10-11-24(23)28-27(31)34/h10-11,14,17,19-21H,2,4-9,12-13,15-16H2,1,3H3,(H,28,34)/t17-,19?,21?/m0/s1. The molecule has 2 aromatic rings. The van der Waals surface area contributed by atoms with Crippen LogP contribution >= 0.6 is 0 Å². The Morgan fingerprint density at radius 3 is 2.46 bits per heavy atom.